The topological polar surface area (TPSA) is 156 Å². The zero-order valence-electron chi connectivity index (χ0n) is 30.4. The van der Waals surface area contributed by atoms with Crippen molar-refractivity contribution in [3.8, 4) is 5.75 Å². The number of rotatable bonds is 8. The number of hydrogen-bond acceptors (Lipinski definition) is 11. The number of anilines is 1. The molecule has 0 aliphatic carbocycles. The normalized spacial score (nSPS) is 31.9. The Morgan fingerprint density at radius 1 is 1.27 bits per heavy atom. The van der Waals surface area contributed by atoms with Crippen LogP contribution < -0.4 is 15.0 Å². The summed E-state index contributed by atoms with van der Waals surface area (Å²) in [5, 5.41) is 14.4. The second-order valence-electron chi connectivity index (χ2n) is 13.9. The lowest BCUT2D eigenvalue weighted by atomic mass is 9.83. The van der Waals surface area contributed by atoms with E-state index in [1.807, 2.05) is 19.9 Å². The molecule has 282 valence electrons. The number of nitrogens with one attached hydrogen (secondary N) is 1. The number of alkyl carbamates (subject to hydrolysis) is 1. The first-order chi connectivity index (χ1) is 23.9. The molecule has 0 aromatic heterocycles. The predicted molar refractivity (Wildman–Crippen MR) is 194 cm³/mol. The maximum absolute atomic E-state index is 14.0. The molecule has 2 saturated heterocycles. The quantitative estimate of drug-likeness (QED) is 0.200. The van der Waals surface area contributed by atoms with E-state index in [0.717, 1.165) is 11.1 Å². The van der Waals surface area contributed by atoms with Crippen molar-refractivity contribution in [2.24, 2.45) is 5.92 Å². The number of esters is 1. The summed E-state index contributed by atoms with van der Waals surface area (Å²) in [6, 6.07) is 3.58. The van der Waals surface area contributed by atoms with Gasteiger partial charge in [-0.15, -0.1) is 0 Å². The lowest BCUT2D eigenvalue weighted by Gasteiger charge is -2.42. The van der Waals surface area contributed by atoms with Gasteiger partial charge in [0.25, 0.3) is 0 Å². The van der Waals surface area contributed by atoms with Crippen LogP contribution in [0.15, 0.2) is 35.9 Å². The van der Waals surface area contributed by atoms with Crippen molar-refractivity contribution in [3.63, 3.8) is 0 Å². The van der Waals surface area contributed by atoms with E-state index >= 15 is 0 Å². The van der Waals surface area contributed by atoms with Crippen LogP contribution in [0.5, 0.6) is 5.75 Å². The zero-order valence-corrected chi connectivity index (χ0v) is 32.1. The second kappa shape index (κ2) is 16.6. The molecule has 8 atom stereocenters. The van der Waals surface area contributed by atoms with Crippen LogP contribution in [0.2, 0.25) is 5.02 Å². The molecule has 2 fully saturated rings. The van der Waals surface area contributed by atoms with E-state index in [1.165, 1.54) is 31.1 Å². The highest BCUT2D eigenvalue weighted by Crippen LogP contribution is 2.49. The summed E-state index contributed by atoms with van der Waals surface area (Å²) in [6.45, 7) is 6.96. The molecule has 0 saturated carbocycles. The third-order valence-corrected chi connectivity index (χ3v) is 10.4. The van der Waals surface area contributed by atoms with Crippen molar-refractivity contribution >= 4 is 53.8 Å². The van der Waals surface area contributed by atoms with E-state index in [9.17, 15) is 24.3 Å². The minimum atomic E-state index is -1.82. The number of carbonyl (C=O) groups is 4. The number of methoxy groups -OCH3 is 2. The maximum Gasteiger partial charge on any atom is 0.409 e. The monoisotopic (exact) mass is 751 g/mol. The molecule has 2 N–H and O–H groups in total. The number of thiol groups is 1. The summed E-state index contributed by atoms with van der Waals surface area (Å²) >= 11 is 11.1. The molecule has 3 aliphatic heterocycles. The molecular weight excluding hydrogens is 702 g/mol. The van der Waals surface area contributed by atoms with Gasteiger partial charge >= 0.3 is 12.1 Å². The first-order valence-electron chi connectivity index (χ1n) is 16.9. The molecule has 8 unspecified atom stereocenters. The van der Waals surface area contributed by atoms with Gasteiger partial charge in [-0.25, -0.2) is 4.79 Å². The Bertz CT molecular complexity index is 1550. The molecule has 0 spiro atoms. The average molecular weight is 752 g/mol. The van der Waals surface area contributed by atoms with Gasteiger partial charge in [0.2, 0.25) is 11.8 Å². The number of carbonyl (C=O) groups excluding carboxylic acids is 4. The molecule has 1 aromatic rings. The van der Waals surface area contributed by atoms with Gasteiger partial charge in [-0.1, -0.05) is 49.2 Å². The van der Waals surface area contributed by atoms with Crippen LogP contribution in [-0.4, -0.2) is 110 Å². The first kappa shape index (κ1) is 40.5. The summed E-state index contributed by atoms with van der Waals surface area (Å²) in [5.41, 5.74) is -0.884. The van der Waals surface area contributed by atoms with E-state index in [2.05, 4.69) is 17.9 Å². The molecule has 0 radical (unpaired) electrons. The molecule has 3 aliphatic rings. The van der Waals surface area contributed by atoms with Gasteiger partial charge in [-0.3, -0.25) is 19.7 Å². The summed E-state index contributed by atoms with van der Waals surface area (Å²) < 4.78 is 29.0. The summed E-state index contributed by atoms with van der Waals surface area (Å²) in [7, 11) is 6.00. The Labute approximate surface area is 310 Å². The Balaban J connectivity index is 1.73. The van der Waals surface area contributed by atoms with Crippen LogP contribution in [0.1, 0.15) is 58.9 Å². The molecule has 15 heteroatoms. The largest absolute Gasteiger partial charge is 0.495 e. The molecule has 3 amide bonds. The molecule has 1 aromatic carbocycles. The average Bonchev–Trinajstić information content (AvgIpc) is 3.76. The van der Waals surface area contributed by atoms with Crippen molar-refractivity contribution in [2.75, 3.05) is 39.8 Å². The molecule has 4 bridgehead atoms. The Kier molecular flexibility index (Phi) is 13.2. The summed E-state index contributed by atoms with van der Waals surface area (Å²) in [5.74, 6) is -1.55. The van der Waals surface area contributed by atoms with Crippen LogP contribution in [0.25, 0.3) is 0 Å². The molecule has 13 nitrogen and oxygen atoms in total. The highest BCUT2D eigenvalue weighted by atomic mass is 35.5. The fraction of sp³-hybridized carbons (Fsp3) is 0.611. The van der Waals surface area contributed by atoms with E-state index in [4.69, 9.17) is 35.3 Å². The van der Waals surface area contributed by atoms with Gasteiger partial charge in [0.1, 0.15) is 41.2 Å². The second-order valence-corrected chi connectivity index (χ2v) is 15.2. The minimum absolute atomic E-state index is 0.0153. The van der Waals surface area contributed by atoms with E-state index in [0.29, 0.717) is 24.3 Å². The van der Waals surface area contributed by atoms with Crippen molar-refractivity contribution < 1.29 is 48.0 Å². The minimum Gasteiger partial charge on any atom is -0.495 e. The number of likely N-dealkylation sites (N-methyl/N-ethyl adjacent to an activating group) is 1. The Hall–Kier alpha value is -3.30. The first-order valence-corrected chi connectivity index (χ1v) is 17.8. The number of aliphatic hydroxyl groups is 1. The van der Waals surface area contributed by atoms with Gasteiger partial charge in [-0.05, 0) is 49.6 Å². The standard InChI is InChI=1S/C36H50ClN3O10S/c1-20-10-9-11-27(47-8)36(45)18-26(48-34(44)38-36)22(3)33-35(4,50-33)28(49-31(43)19-39(5)29(41)13-12-21(2)51)17-30(42)40(6)24-15-23(14-20)16-25(46-7)32(24)37/h9-11,15-16,21-22,26-28,33,45,51H,12-14,17-19H2,1-8H3,(H,38,44)/b11-9+,20-10+. The van der Waals surface area contributed by atoms with E-state index < -0.39 is 59.6 Å². The highest BCUT2D eigenvalue weighted by Gasteiger charge is 2.64. The fourth-order valence-electron chi connectivity index (χ4n) is 6.61. The zero-order chi connectivity index (χ0) is 37.8. The van der Waals surface area contributed by atoms with E-state index in [-0.39, 0.29) is 42.0 Å². The van der Waals surface area contributed by atoms with Crippen molar-refractivity contribution in [1.29, 1.82) is 0 Å². The number of benzene rings is 1. The van der Waals surface area contributed by atoms with Crippen LogP contribution in [0.3, 0.4) is 0 Å². The van der Waals surface area contributed by atoms with E-state index in [1.54, 1.807) is 45.2 Å². The van der Waals surface area contributed by atoms with Crippen molar-refractivity contribution in [2.45, 2.75) is 101 Å². The van der Waals surface area contributed by atoms with Gasteiger partial charge in [-0.2, -0.15) is 12.6 Å². The third-order valence-electron chi connectivity index (χ3n) is 9.79. The lowest BCUT2D eigenvalue weighted by Crippen LogP contribution is -2.63. The number of hydrogen-bond donors (Lipinski definition) is 3. The van der Waals surface area contributed by atoms with Gasteiger partial charge in [0.05, 0.1) is 25.3 Å². The molecule has 4 rings (SSSR count). The number of epoxide rings is 1. The van der Waals surface area contributed by atoms with Crippen LogP contribution in [-0.2, 0) is 39.8 Å². The van der Waals surface area contributed by atoms with Crippen LogP contribution in [0, 0.1) is 5.92 Å². The number of allylic oxidation sites excluding steroid dienone is 3. The maximum atomic E-state index is 14.0. The Morgan fingerprint density at radius 3 is 2.63 bits per heavy atom. The fourth-order valence-corrected chi connectivity index (χ4v) is 7.05. The lowest BCUT2D eigenvalue weighted by molar-refractivity contribution is -0.157. The van der Waals surface area contributed by atoms with Crippen molar-refractivity contribution in [1.82, 2.24) is 10.2 Å². The van der Waals surface area contributed by atoms with Gasteiger partial charge in [0.15, 0.2) is 5.72 Å². The van der Waals surface area contributed by atoms with Gasteiger partial charge in [0, 0.05) is 40.0 Å². The number of halogens is 1. The molecule has 3 heterocycles. The SMILES string of the molecule is COc1cc2cc(c1Cl)N(C)C(=O)CC(OC(=O)CN(C)C(=O)CCC(C)S)C1(C)OC1C(C)C1CC(O)(NC(=O)O1)C(OC)/C=C/C=C(\C)C2. The number of nitrogens with zero attached hydrogens (tertiary/aromatic N) is 2. The van der Waals surface area contributed by atoms with Gasteiger partial charge < -0.3 is 38.6 Å². The number of ether oxygens (including phenoxy) is 5. The number of amides is 3. The van der Waals surface area contributed by atoms with Crippen LogP contribution >= 0.6 is 24.2 Å². The summed E-state index contributed by atoms with van der Waals surface area (Å²) in [6.07, 6.45) is 1.75. The molecular formula is C36H50ClN3O10S. The molecule has 51 heavy (non-hydrogen) atoms. The third kappa shape index (κ3) is 9.58. The highest BCUT2D eigenvalue weighted by molar-refractivity contribution is 7.80. The van der Waals surface area contributed by atoms with Crippen molar-refractivity contribution in [3.05, 3.63) is 46.5 Å². The summed E-state index contributed by atoms with van der Waals surface area (Å²) in [4.78, 5) is 55.5. The predicted octanol–water partition coefficient (Wildman–Crippen LogP) is 4.22. The van der Waals surface area contributed by atoms with Crippen LogP contribution in [0.4, 0.5) is 10.5 Å². The number of fused-ring (bicyclic) bond motifs is 5. The smallest absolute Gasteiger partial charge is 0.409 e. The Morgan fingerprint density at radius 2 is 1.98 bits per heavy atom.